The zero-order chi connectivity index (χ0) is 12.8. The van der Waals surface area contributed by atoms with E-state index in [1.54, 1.807) is 23.9 Å². The molecule has 1 saturated heterocycles. The van der Waals surface area contributed by atoms with Gasteiger partial charge in [0.05, 0.1) is 0 Å². The van der Waals surface area contributed by atoms with Crippen LogP contribution in [0.2, 0.25) is 0 Å². The average molecular weight is 270 g/mol. The number of thiocarbonyl (C=S) groups is 1. The van der Waals surface area contributed by atoms with Gasteiger partial charge in [0.15, 0.2) is 5.11 Å². The lowest BCUT2D eigenvalue weighted by atomic mass is 10.1. The fraction of sp³-hybridized carbons (Fsp3) is 0.364. The van der Waals surface area contributed by atoms with Crippen molar-refractivity contribution in [3.05, 3.63) is 24.3 Å². The molecule has 0 aromatic rings. The van der Waals surface area contributed by atoms with Crippen molar-refractivity contribution in [2.45, 2.75) is 6.42 Å². The van der Waals surface area contributed by atoms with E-state index < -0.39 is 5.91 Å². The topological polar surface area (TPSA) is 49.4 Å². The molecule has 1 heterocycles. The lowest BCUT2D eigenvalue weighted by Gasteiger charge is -2.27. The van der Waals surface area contributed by atoms with E-state index in [4.69, 9.17) is 12.2 Å². The molecule has 1 N–H and O–H groups in total. The molecule has 1 aliphatic rings. The molecule has 0 radical (unpaired) electrons. The Hall–Kier alpha value is -1.14. The van der Waals surface area contributed by atoms with Crippen LogP contribution in [0, 0.1) is 0 Å². The minimum absolute atomic E-state index is 0.141. The van der Waals surface area contributed by atoms with Crippen LogP contribution in [-0.2, 0) is 9.59 Å². The third kappa shape index (κ3) is 3.41. The number of amides is 2. The van der Waals surface area contributed by atoms with Gasteiger partial charge in [0.2, 0.25) is 0 Å². The molecule has 4 nitrogen and oxygen atoms in total. The SMILES string of the molecule is C=CCN1C(=O)/C(=C\CCSC)C(=O)NC1=S. The van der Waals surface area contributed by atoms with Gasteiger partial charge in [-0.1, -0.05) is 12.2 Å². The van der Waals surface area contributed by atoms with Crippen molar-refractivity contribution in [1.82, 2.24) is 10.2 Å². The molecule has 0 spiro atoms. The summed E-state index contributed by atoms with van der Waals surface area (Å²) in [4.78, 5) is 24.9. The molecule has 92 valence electrons. The van der Waals surface area contributed by atoms with Crippen molar-refractivity contribution >= 4 is 40.9 Å². The molecule has 0 bridgehead atoms. The highest BCUT2D eigenvalue weighted by Gasteiger charge is 2.32. The third-order valence-corrected chi connectivity index (χ3v) is 3.13. The van der Waals surface area contributed by atoms with E-state index in [-0.39, 0.29) is 16.6 Å². The van der Waals surface area contributed by atoms with E-state index in [9.17, 15) is 9.59 Å². The van der Waals surface area contributed by atoms with Gasteiger partial charge in [0.25, 0.3) is 11.8 Å². The molecule has 2 amide bonds. The predicted molar refractivity (Wildman–Crippen MR) is 73.7 cm³/mol. The van der Waals surface area contributed by atoms with Gasteiger partial charge >= 0.3 is 0 Å². The van der Waals surface area contributed by atoms with E-state index in [2.05, 4.69) is 11.9 Å². The van der Waals surface area contributed by atoms with Crippen molar-refractivity contribution in [3.8, 4) is 0 Å². The van der Waals surface area contributed by atoms with E-state index in [1.807, 2.05) is 6.26 Å². The Balaban J connectivity index is 2.86. The number of nitrogens with zero attached hydrogens (tertiary/aromatic N) is 1. The van der Waals surface area contributed by atoms with Crippen LogP contribution in [0.5, 0.6) is 0 Å². The number of rotatable bonds is 5. The van der Waals surface area contributed by atoms with Crippen LogP contribution in [0.25, 0.3) is 0 Å². The molecular weight excluding hydrogens is 256 g/mol. The molecule has 0 aromatic heterocycles. The maximum atomic E-state index is 12.0. The Morgan fingerprint density at radius 2 is 2.24 bits per heavy atom. The van der Waals surface area contributed by atoms with Crippen molar-refractivity contribution in [3.63, 3.8) is 0 Å². The van der Waals surface area contributed by atoms with Crippen LogP contribution in [0.15, 0.2) is 24.3 Å². The van der Waals surface area contributed by atoms with E-state index in [0.717, 1.165) is 5.75 Å². The predicted octanol–water partition coefficient (Wildman–Crippen LogP) is 1.10. The molecule has 0 aliphatic carbocycles. The zero-order valence-corrected chi connectivity index (χ0v) is 11.2. The quantitative estimate of drug-likeness (QED) is 0.267. The molecule has 0 aromatic carbocycles. The fourth-order valence-electron chi connectivity index (χ4n) is 1.36. The number of allylic oxidation sites excluding steroid dienone is 1. The smallest absolute Gasteiger partial charge is 0.265 e. The standard InChI is InChI=1S/C11H14N2O2S2/c1-3-6-13-10(15)8(5-4-7-17-2)9(14)12-11(13)16/h3,5H,1,4,6-7H2,2H3,(H,12,14,16)/b8-5-. The highest BCUT2D eigenvalue weighted by atomic mass is 32.2. The number of carbonyl (C=O) groups is 2. The molecule has 1 fully saturated rings. The third-order valence-electron chi connectivity index (χ3n) is 2.17. The molecule has 0 saturated carbocycles. The first-order chi connectivity index (χ1) is 8.11. The summed E-state index contributed by atoms with van der Waals surface area (Å²) in [6, 6.07) is 0. The molecule has 1 rings (SSSR count). The van der Waals surface area contributed by atoms with Crippen LogP contribution >= 0.6 is 24.0 Å². The van der Waals surface area contributed by atoms with Crippen LogP contribution in [0.4, 0.5) is 0 Å². The lowest BCUT2D eigenvalue weighted by molar-refractivity contribution is -0.128. The van der Waals surface area contributed by atoms with Gasteiger partial charge in [-0.25, -0.2) is 0 Å². The first-order valence-corrected chi connectivity index (χ1v) is 6.89. The molecule has 1 aliphatic heterocycles. The van der Waals surface area contributed by atoms with Crippen LogP contribution < -0.4 is 5.32 Å². The molecule has 6 heteroatoms. The van der Waals surface area contributed by atoms with Gasteiger partial charge in [-0.3, -0.25) is 19.8 Å². The Kier molecular flexibility index (Phi) is 5.37. The van der Waals surface area contributed by atoms with E-state index in [0.29, 0.717) is 13.0 Å². The van der Waals surface area contributed by atoms with Crippen molar-refractivity contribution in [2.24, 2.45) is 0 Å². The van der Waals surface area contributed by atoms with Crippen LogP contribution in [-0.4, -0.2) is 40.4 Å². The van der Waals surface area contributed by atoms with Gasteiger partial charge in [0.1, 0.15) is 5.57 Å². The van der Waals surface area contributed by atoms with Crippen LogP contribution in [0.1, 0.15) is 6.42 Å². The normalized spacial score (nSPS) is 18.5. The van der Waals surface area contributed by atoms with Crippen molar-refractivity contribution < 1.29 is 9.59 Å². The maximum absolute atomic E-state index is 12.0. The highest BCUT2D eigenvalue weighted by molar-refractivity contribution is 7.98. The van der Waals surface area contributed by atoms with Gasteiger partial charge in [-0.2, -0.15) is 11.8 Å². The lowest BCUT2D eigenvalue weighted by Crippen LogP contribution is -2.53. The first kappa shape index (κ1) is 13.9. The Bertz CT molecular complexity index is 391. The number of nitrogens with one attached hydrogen (secondary N) is 1. The monoisotopic (exact) mass is 270 g/mol. The average Bonchev–Trinajstić information content (AvgIpc) is 2.29. The largest absolute Gasteiger partial charge is 0.298 e. The van der Waals surface area contributed by atoms with Gasteiger partial charge < -0.3 is 0 Å². The van der Waals surface area contributed by atoms with Crippen molar-refractivity contribution in [1.29, 1.82) is 0 Å². The second-order valence-electron chi connectivity index (χ2n) is 3.36. The Labute approximate surface area is 110 Å². The number of hydrogen-bond acceptors (Lipinski definition) is 4. The van der Waals surface area contributed by atoms with Crippen molar-refractivity contribution in [2.75, 3.05) is 18.6 Å². The van der Waals surface area contributed by atoms with Crippen LogP contribution in [0.3, 0.4) is 0 Å². The summed E-state index contributed by atoms with van der Waals surface area (Å²) in [5, 5.41) is 2.64. The zero-order valence-electron chi connectivity index (χ0n) is 9.56. The Morgan fingerprint density at radius 1 is 1.53 bits per heavy atom. The fourth-order valence-corrected chi connectivity index (χ4v) is 1.97. The second kappa shape index (κ2) is 6.56. The molecule has 0 atom stereocenters. The minimum atomic E-state index is -0.415. The molecule has 0 unspecified atom stereocenters. The summed E-state index contributed by atoms with van der Waals surface area (Å²) in [5.74, 6) is 0.108. The van der Waals surface area contributed by atoms with E-state index in [1.165, 1.54) is 4.90 Å². The summed E-state index contributed by atoms with van der Waals surface area (Å²) < 4.78 is 0. The summed E-state index contributed by atoms with van der Waals surface area (Å²) in [6.07, 6.45) is 5.89. The van der Waals surface area contributed by atoms with Gasteiger partial charge in [-0.15, -0.1) is 6.58 Å². The summed E-state index contributed by atoms with van der Waals surface area (Å²) in [7, 11) is 0. The minimum Gasteiger partial charge on any atom is -0.298 e. The van der Waals surface area contributed by atoms with Gasteiger partial charge in [-0.05, 0) is 30.6 Å². The number of thioether (sulfide) groups is 1. The maximum Gasteiger partial charge on any atom is 0.265 e. The molecular formula is C11H14N2O2S2. The number of hydrogen-bond donors (Lipinski definition) is 1. The van der Waals surface area contributed by atoms with Gasteiger partial charge in [0, 0.05) is 6.54 Å². The summed E-state index contributed by atoms with van der Waals surface area (Å²) >= 11 is 6.59. The first-order valence-electron chi connectivity index (χ1n) is 5.09. The van der Waals surface area contributed by atoms with E-state index >= 15 is 0 Å². The summed E-state index contributed by atoms with van der Waals surface area (Å²) in [5.41, 5.74) is 0.162. The number of carbonyl (C=O) groups excluding carboxylic acids is 2. The summed E-state index contributed by atoms with van der Waals surface area (Å²) in [6.45, 7) is 3.86. The second-order valence-corrected chi connectivity index (χ2v) is 4.74. The Morgan fingerprint density at radius 3 is 2.82 bits per heavy atom. The highest BCUT2D eigenvalue weighted by Crippen LogP contribution is 2.11. The molecule has 17 heavy (non-hydrogen) atoms.